The Labute approximate surface area is 138 Å². The minimum Gasteiger partial charge on any atom is -0.411 e. The van der Waals surface area contributed by atoms with Crippen LogP contribution in [0.2, 0.25) is 5.02 Å². The molecule has 1 amide bonds. The number of hydrogen-bond acceptors (Lipinski definition) is 8. The number of amides is 1. The Balaban J connectivity index is 1.60. The van der Waals surface area contributed by atoms with Gasteiger partial charge in [0.05, 0.1) is 16.3 Å². The molecular weight excluding hydrogens is 346 g/mol. The van der Waals surface area contributed by atoms with Crippen LogP contribution in [0.3, 0.4) is 0 Å². The van der Waals surface area contributed by atoms with Gasteiger partial charge in [-0.25, -0.2) is 0 Å². The maximum Gasteiger partial charge on any atom is 0.277 e. The predicted octanol–water partition coefficient (Wildman–Crippen LogP) is 2.97. The zero-order chi connectivity index (χ0) is 15.4. The molecule has 0 saturated carbocycles. The molecule has 0 aliphatic heterocycles. The fraction of sp³-hybridized carbons (Fsp3) is 0.0833. The Kier molecular flexibility index (Phi) is 4.66. The van der Waals surface area contributed by atoms with E-state index in [2.05, 4.69) is 25.7 Å². The van der Waals surface area contributed by atoms with Crippen LogP contribution in [0.5, 0.6) is 0 Å². The number of thioether (sulfide) groups is 1. The summed E-state index contributed by atoms with van der Waals surface area (Å²) < 4.78 is 5.49. The van der Waals surface area contributed by atoms with Crippen molar-refractivity contribution in [3.8, 4) is 11.5 Å². The van der Waals surface area contributed by atoms with E-state index in [0.717, 1.165) is 11.8 Å². The monoisotopic (exact) mass is 353 g/mol. The van der Waals surface area contributed by atoms with Crippen LogP contribution in [0, 0.1) is 0 Å². The predicted molar refractivity (Wildman–Crippen MR) is 84.0 cm³/mol. The highest BCUT2D eigenvalue weighted by Crippen LogP contribution is 2.28. The van der Waals surface area contributed by atoms with Gasteiger partial charge in [-0.15, -0.1) is 20.4 Å². The largest absolute Gasteiger partial charge is 0.411 e. The summed E-state index contributed by atoms with van der Waals surface area (Å²) in [5.41, 5.74) is 2.19. The molecule has 22 heavy (non-hydrogen) atoms. The van der Waals surface area contributed by atoms with Crippen molar-refractivity contribution in [1.29, 1.82) is 0 Å². The van der Waals surface area contributed by atoms with E-state index in [1.54, 1.807) is 12.1 Å². The third-order valence-electron chi connectivity index (χ3n) is 2.44. The van der Waals surface area contributed by atoms with Gasteiger partial charge >= 0.3 is 0 Å². The minimum absolute atomic E-state index is 0.129. The standard InChI is InChI=1S/C12H8ClN5O2S2/c13-8-4-2-1-3-7(8)10-16-18-12(20-10)21-5-9(19)15-11-17-14-6-22-11/h1-4,6H,5H2,(H,15,17,19). The molecule has 0 atom stereocenters. The van der Waals surface area contributed by atoms with Crippen LogP contribution in [-0.2, 0) is 4.79 Å². The molecule has 10 heteroatoms. The molecule has 0 aliphatic rings. The van der Waals surface area contributed by atoms with Crippen LogP contribution >= 0.6 is 34.7 Å². The third kappa shape index (κ3) is 3.62. The van der Waals surface area contributed by atoms with Crippen molar-refractivity contribution in [3.63, 3.8) is 0 Å². The van der Waals surface area contributed by atoms with E-state index < -0.39 is 0 Å². The number of rotatable bonds is 5. The maximum absolute atomic E-state index is 11.7. The van der Waals surface area contributed by atoms with Gasteiger partial charge in [-0.05, 0) is 12.1 Å². The van der Waals surface area contributed by atoms with Crippen LogP contribution < -0.4 is 5.32 Å². The second kappa shape index (κ2) is 6.86. The first-order valence-corrected chi connectivity index (χ1v) is 8.24. The Morgan fingerprint density at radius 1 is 1.32 bits per heavy atom. The van der Waals surface area contributed by atoms with Gasteiger partial charge in [0.1, 0.15) is 5.51 Å². The number of carbonyl (C=O) groups is 1. The molecule has 3 aromatic rings. The normalized spacial score (nSPS) is 10.6. The summed E-state index contributed by atoms with van der Waals surface area (Å²) >= 11 is 8.44. The number of hydrogen-bond donors (Lipinski definition) is 1. The summed E-state index contributed by atoms with van der Waals surface area (Å²) in [6.45, 7) is 0. The molecule has 0 aliphatic carbocycles. The molecule has 0 radical (unpaired) electrons. The molecule has 7 nitrogen and oxygen atoms in total. The first-order chi connectivity index (χ1) is 10.7. The second-order valence-electron chi connectivity index (χ2n) is 3.93. The van der Waals surface area contributed by atoms with E-state index in [1.165, 1.54) is 16.8 Å². The van der Waals surface area contributed by atoms with Crippen molar-refractivity contribution in [1.82, 2.24) is 20.4 Å². The van der Waals surface area contributed by atoms with Crippen molar-refractivity contribution in [2.45, 2.75) is 5.22 Å². The van der Waals surface area contributed by atoms with Crippen molar-refractivity contribution < 1.29 is 9.21 Å². The molecule has 0 saturated heterocycles. The molecule has 1 aromatic carbocycles. The highest BCUT2D eigenvalue weighted by molar-refractivity contribution is 7.99. The van der Waals surface area contributed by atoms with Gasteiger partial charge in [0.2, 0.25) is 16.9 Å². The molecule has 0 spiro atoms. The molecule has 0 unspecified atom stereocenters. The molecule has 2 aromatic heterocycles. The zero-order valence-electron chi connectivity index (χ0n) is 10.9. The lowest BCUT2D eigenvalue weighted by atomic mass is 10.2. The molecule has 1 N–H and O–H groups in total. The number of halogens is 1. The van der Waals surface area contributed by atoms with Crippen molar-refractivity contribution in [2.75, 3.05) is 11.1 Å². The molecule has 3 rings (SSSR count). The minimum atomic E-state index is -0.223. The van der Waals surface area contributed by atoms with Crippen molar-refractivity contribution >= 4 is 45.7 Å². The van der Waals surface area contributed by atoms with Crippen molar-refractivity contribution in [3.05, 3.63) is 34.8 Å². The first kappa shape index (κ1) is 14.9. The van der Waals surface area contributed by atoms with E-state index >= 15 is 0 Å². The SMILES string of the molecule is O=C(CSc1nnc(-c2ccccc2Cl)o1)Nc1nncs1. The van der Waals surface area contributed by atoms with E-state index in [-0.39, 0.29) is 11.7 Å². The number of aromatic nitrogens is 4. The molecule has 2 heterocycles. The average Bonchev–Trinajstić information content (AvgIpc) is 3.17. The van der Waals surface area contributed by atoms with Crippen LogP contribution in [0.1, 0.15) is 0 Å². The summed E-state index contributed by atoms with van der Waals surface area (Å²) in [6, 6.07) is 7.17. The topological polar surface area (TPSA) is 93.8 Å². The summed E-state index contributed by atoms with van der Waals surface area (Å²) in [4.78, 5) is 11.7. The summed E-state index contributed by atoms with van der Waals surface area (Å²) in [5.74, 6) is 0.223. The van der Waals surface area contributed by atoms with Crippen LogP contribution in [-0.4, -0.2) is 32.1 Å². The molecule has 112 valence electrons. The number of anilines is 1. The third-order valence-corrected chi connectivity index (χ3v) is 4.20. The van der Waals surface area contributed by atoms with Gasteiger partial charge in [0.25, 0.3) is 5.22 Å². The van der Waals surface area contributed by atoms with Crippen LogP contribution in [0.4, 0.5) is 5.13 Å². The highest BCUT2D eigenvalue weighted by Gasteiger charge is 2.13. The fourth-order valence-corrected chi connectivity index (χ4v) is 2.76. The van der Waals surface area contributed by atoms with Gasteiger partial charge in [-0.2, -0.15) is 0 Å². The summed E-state index contributed by atoms with van der Waals surface area (Å²) in [6.07, 6.45) is 0. The van der Waals surface area contributed by atoms with Crippen LogP contribution in [0.25, 0.3) is 11.5 Å². The van der Waals surface area contributed by atoms with Gasteiger partial charge in [0, 0.05) is 0 Å². The Bertz CT molecular complexity index is 777. The van der Waals surface area contributed by atoms with Crippen LogP contribution in [0.15, 0.2) is 39.4 Å². The lowest BCUT2D eigenvalue weighted by Crippen LogP contribution is -2.13. The highest BCUT2D eigenvalue weighted by atomic mass is 35.5. The molecule has 0 fully saturated rings. The number of benzene rings is 1. The first-order valence-electron chi connectivity index (χ1n) is 5.99. The quantitative estimate of drug-likeness (QED) is 0.704. The molecule has 0 bridgehead atoms. The molecular formula is C12H8ClN5O2S2. The van der Waals surface area contributed by atoms with E-state index in [9.17, 15) is 4.79 Å². The second-order valence-corrected chi connectivity index (χ2v) is 6.10. The van der Waals surface area contributed by atoms with E-state index in [0.29, 0.717) is 26.8 Å². The van der Waals surface area contributed by atoms with Gasteiger partial charge in [-0.1, -0.05) is 46.8 Å². The summed E-state index contributed by atoms with van der Waals surface area (Å²) in [5, 5.41) is 19.1. The van der Waals surface area contributed by atoms with E-state index in [1.807, 2.05) is 12.1 Å². The Hall–Kier alpha value is -1.97. The average molecular weight is 354 g/mol. The lowest BCUT2D eigenvalue weighted by molar-refractivity contribution is -0.113. The van der Waals surface area contributed by atoms with Gasteiger partial charge in [-0.3, -0.25) is 10.1 Å². The van der Waals surface area contributed by atoms with Gasteiger partial charge in [0.15, 0.2) is 0 Å². The number of nitrogens with one attached hydrogen (secondary N) is 1. The van der Waals surface area contributed by atoms with Crippen molar-refractivity contribution in [2.24, 2.45) is 0 Å². The number of carbonyl (C=O) groups excluding carboxylic acids is 1. The van der Waals surface area contributed by atoms with E-state index in [4.69, 9.17) is 16.0 Å². The maximum atomic E-state index is 11.7. The fourth-order valence-electron chi connectivity index (χ4n) is 1.52. The smallest absolute Gasteiger partial charge is 0.277 e. The Morgan fingerprint density at radius 3 is 2.95 bits per heavy atom. The summed E-state index contributed by atoms with van der Waals surface area (Å²) in [7, 11) is 0. The van der Waals surface area contributed by atoms with Gasteiger partial charge < -0.3 is 4.42 Å². The zero-order valence-corrected chi connectivity index (χ0v) is 13.3. The lowest BCUT2D eigenvalue weighted by Gasteiger charge is -1.98. The number of nitrogens with zero attached hydrogens (tertiary/aromatic N) is 4. The Morgan fingerprint density at radius 2 is 2.18 bits per heavy atom.